The molecule has 1 amide bonds. The van der Waals surface area contributed by atoms with Gasteiger partial charge in [-0.2, -0.15) is 5.10 Å². The first-order chi connectivity index (χ1) is 12.1. The number of amides is 1. The van der Waals surface area contributed by atoms with Crippen LogP contribution in [0, 0.1) is 0 Å². The number of para-hydroxylation sites is 2. The summed E-state index contributed by atoms with van der Waals surface area (Å²) in [4.78, 5) is 12.3. The summed E-state index contributed by atoms with van der Waals surface area (Å²) < 4.78 is 7.13. The monoisotopic (exact) mass is 337 g/mol. The zero-order chi connectivity index (χ0) is 17.8. The van der Waals surface area contributed by atoms with Crippen molar-refractivity contribution in [1.82, 2.24) is 9.99 Å². The van der Waals surface area contributed by atoms with Gasteiger partial charge < -0.3 is 14.4 Å². The summed E-state index contributed by atoms with van der Waals surface area (Å²) in [6.07, 6.45) is 1.39. The van der Waals surface area contributed by atoms with Crippen LogP contribution in [0.1, 0.15) is 23.0 Å². The Kier molecular flexibility index (Phi) is 4.70. The number of aromatic hydroxyl groups is 1. The van der Waals surface area contributed by atoms with E-state index in [1.165, 1.54) is 6.21 Å². The van der Waals surface area contributed by atoms with Gasteiger partial charge in [0.2, 0.25) is 0 Å². The summed E-state index contributed by atoms with van der Waals surface area (Å²) in [5, 5.41) is 15.0. The second-order valence-electron chi connectivity index (χ2n) is 5.47. The molecule has 0 radical (unpaired) electrons. The predicted molar refractivity (Wildman–Crippen MR) is 97.3 cm³/mol. The van der Waals surface area contributed by atoms with Crippen molar-refractivity contribution in [1.29, 1.82) is 0 Å². The lowest BCUT2D eigenvalue weighted by atomic mass is 10.2. The molecule has 0 aliphatic carbocycles. The number of aryl methyl sites for hydroxylation is 1. The smallest absolute Gasteiger partial charge is 0.287 e. The van der Waals surface area contributed by atoms with Crippen LogP contribution in [-0.4, -0.2) is 28.4 Å². The van der Waals surface area contributed by atoms with Gasteiger partial charge in [-0.15, -0.1) is 0 Å². The summed E-state index contributed by atoms with van der Waals surface area (Å²) in [5.41, 5.74) is 4.42. The van der Waals surface area contributed by atoms with Gasteiger partial charge in [-0.05, 0) is 31.2 Å². The normalized spacial score (nSPS) is 11.1. The minimum absolute atomic E-state index is 0.00745. The number of benzene rings is 2. The molecule has 3 aromatic rings. The molecular formula is C19H19N3O3. The number of ether oxygens (including phenoxy) is 1. The van der Waals surface area contributed by atoms with Crippen LogP contribution in [0.3, 0.4) is 0 Å². The Balaban J connectivity index is 1.77. The molecule has 0 aliphatic rings. The van der Waals surface area contributed by atoms with E-state index in [2.05, 4.69) is 10.5 Å². The van der Waals surface area contributed by atoms with Crippen LogP contribution in [0.4, 0.5) is 0 Å². The van der Waals surface area contributed by atoms with Crippen LogP contribution in [0.15, 0.2) is 53.6 Å². The Morgan fingerprint density at radius 3 is 2.84 bits per heavy atom. The van der Waals surface area contributed by atoms with Crippen molar-refractivity contribution in [3.63, 3.8) is 0 Å². The topological polar surface area (TPSA) is 75.8 Å². The van der Waals surface area contributed by atoms with E-state index in [0.717, 1.165) is 10.9 Å². The molecule has 3 rings (SSSR count). The highest BCUT2D eigenvalue weighted by molar-refractivity contribution is 5.99. The minimum Gasteiger partial charge on any atom is -0.504 e. The Hall–Kier alpha value is -3.28. The molecule has 1 heterocycles. The van der Waals surface area contributed by atoms with Crippen LogP contribution < -0.4 is 10.2 Å². The highest BCUT2D eigenvalue weighted by Gasteiger charge is 2.12. The van der Waals surface area contributed by atoms with Gasteiger partial charge in [-0.1, -0.05) is 24.3 Å². The number of rotatable bonds is 5. The number of hydrazone groups is 1. The first-order valence-corrected chi connectivity index (χ1v) is 7.94. The maximum atomic E-state index is 12.3. The molecule has 0 spiro atoms. The third-order valence-electron chi connectivity index (χ3n) is 3.88. The Morgan fingerprint density at radius 2 is 2.08 bits per heavy atom. The molecule has 2 aromatic carbocycles. The van der Waals surface area contributed by atoms with Crippen molar-refractivity contribution in [3.8, 4) is 11.5 Å². The summed E-state index contributed by atoms with van der Waals surface area (Å²) in [6, 6.07) is 14.7. The number of hydrogen-bond donors (Lipinski definition) is 2. The second-order valence-corrected chi connectivity index (χ2v) is 5.47. The average molecular weight is 337 g/mol. The van der Waals surface area contributed by atoms with Crippen LogP contribution in [0.2, 0.25) is 0 Å². The van der Waals surface area contributed by atoms with Crippen molar-refractivity contribution in [3.05, 3.63) is 59.8 Å². The number of fused-ring (bicyclic) bond motifs is 1. The molecule has 1 aromatic heterocycles. The third-order valence-corrected chi connectivity index (χ3v) is 3.88. The zero-order valence-electron chi connectivity index (χ0n) is 14.1. The zero-order valence-corrected chi connectivity index (χ0v) is 14.1. The number of hydrogen-bond acceptors (Lipinski definition) is 4. The van der Waals surface area contributed by atoms with Crippen LogP contribution >= 0.6 is 0 Å². The molecule has 0 bridgehead atoms. The SMILES string of the molecule is CCOc1cccc(/C=N/NC(=O)c2cc3ccccc3n2C)c1O. The highest BCUT2D eigenvalue weighted by atomic mass is 16.5. The van der Waals surface area contributed by atoms with Gasteiger partial charge in [-0.3, -0.25) is 4.79 Å². The summed E-state index contributed by atoms with van der Waals surface area (Å²) >= 11 is 0. The van der Waals surface area contributed by atoms with E-state index >= 15 is 0 Å². The van der Waals surface area contributed by atoms with Crippen molar-refractivity contribution in [2.45, 2.75) is 6.92 Å². The number of carbonyl (C=O) groups excluding carboxylic acids is 1. The van der Waals surface area contributed by atoms with Gasteiger partial charge in [0.05, 0.1) is 12.8 Å². The fourth-order valence-electron chi connectivity index (χ4n) is 2.64. The van der Waals surface area contributed by atoms with Gasteiger partial charge in [-0.25, -0.2) is 5.43 Å². The lowest BCUT2D eigenvalue weighted by molar-refractivity contribution is 0.0947. The molecule has 0 saturated carbocycles. The van der Waals surface area contributed by atoms with Gasteiger partial charge in [0, 0.05) is 23.5 Å². The van der Waals surface area contributed by atoms with Gasteiger partial charge in [0.25, 0.3) is 5.91 Å². The first-order valence-electron chi connectivity index (χ1n) is 7.94. The number of nitrogens with zero attached hydrogens (tertiary/aromatic N) is 2. The minimum atomic E-state index is -0.324. The second kappa shape index (κ2) is 7.09. The van der Waals surface area contributed by atoms with Crippen LogP contribution in [0.25, 0.3) is 10.9 Å². The summed E-state index contributed by atoms with van der Waals surface area (Å²) in [7, 11) is 1.83. The van der Waals surface area contributed by atoms with Crippen molar-refractivity contribution in [2.75, 3.05) is 6.61 Å². The standard InChI is InChI=1S/C19H19N3O3/c1-3-25-17-10-6-8-14(18(17)23)12-20-21-19(24)16-11-13-7-4-5-9-15(13)22(16)2/h4-12,23H,3H2,1-2H3,(H,21,24)/b20-12+. The average Bonchev–Trinajstić information content (AvgIpc) is 2.95. The summed E-state index contributed by atoms with van der Waals surface area (Å²) in [5.74, 6) is 0.0498. The number of phenolic OH excluding ortho intramolecular Hbond substituents is 1. The van der Waals surface area contributed by atoms with E-state index in [1.54, 1.807) is 18.2 Å². The van der Waals surface area contributed by atoms with Crippen LogP contribution in [0.5, 0.6) is 11.5 Å². The lowest BCUT2D eigenvalue weighted by Crippen LogP contribution is -2.20. The van der Waals surface area contributed by atoms with Crippen LogP contribution in [-0.2, 0) is 7.05 Å². The van der Waals surface area contributed by atoms with E-state index in [9.17, 15) is 9.90 Å². The molecule has 6 heteroatoms. The van der Waals surface area contributed by atoms with E-state index in [0.29, 0.717) is 23.6 Å². The Bertz CT molecular complexity index is 944. The molecule has 0 saturated heterocycles. The maximum absolute atomic E-state index is 12.3. The van der Waals surface area contributed by atoms with Gasteiger partial charge in [0.1, 0.15) is 5.69 Å². The van der Waals surface area contributed by atoms with E-state index in [4.69, 9.17) is 4.74 Å². The lowest BCUT2D eigenvalue weighted by Gasteiger charge is -2.07. The number of carbonyl (C=O) groups is 1. The third kappa shape index (κ3) is 3.33. The van der Waals surface area contributed by atoms with Crippen molar-refractivity contribution >= 4 is 23.0 Å². The molecule has 0 aliphatic heterocycles. The summed E-state index contributed by atoms with van der Waals surface area (Å²) in [6.45, 7) is 2.29. The fraction of sp³-hybridized carbons (Fsp3) is 0.158. The van der Waals surface area contributed by atoms with E-state index in [1.807, 2.05) is 48.9 Å². The van der Waals surface area contributed by atoms with E-state index in [-0.39, 0.29) is 11.7 Å². The quantitative estimate of drug-likeness (QED) is 0.555. The molecule has 0 unspecified atom stereocenters. The Morgan fingerprint density at radius 1 is 1.28 bits per heavy atom. The first kappa shape index (κ1) is 16.6. The Labute approximate surface area is 145 Å². The molecule has 6 nitrogen and oxygen atoms in total. The number of nitrogens with one attached hydrogen (secondary N) is 1. The van der Waals surface area contributed by atoms with Crippen molar-refractivity contribution in [2.24, 2.45) is 12.1 Å². The predicted octanol–water partition coefficient (Wildman–Crippen LogP) is 3.05. The van der Waals surface area contributed by atoms with Gasteiger partial charge >= 0.3 is 0 Å². The van der Waals surface area contributed by atoms with Gasteiger partial charge in [0.15, 0.2) is 11.5 Å². The number of aromatic nitrogens is 1. The molecule has 128 valence electrons. The van der Waals surface area contributed by atoms with Crippen molar-refractivity contribution < 1.29 is 14.6 Å². The number of phenols is 1. The molecule has 2 N–H and O–H groups in total. The molecule has 0 fully saturated rings. The molecule has 0 atom stereocenters. The highest BCUT2D eigenvalue weighted by Crippen LogP contribution is 2.28. The fourth-order valence-corrected chi connectivity index (χ4v) is 2.64. The maximum Gasteiger partial charge on any atom is 0.287 e. The largest absolute Gasteiger partial charge is 0.504 e. The van der Waals surface area contributed by atoms with E-state index < -0.39 is 0 Å². The molecule has 25 heavy (non-hydrogen) atoms. The molecular weight excluding hydrogens is 318 g/mol.